The van der Waals surface area contributed by atoms with Crippen molar-refractivity contribution in [3.8, 4) is 0 Å². The first-order valence-electron chi connectivity index (χ1n) is 6.16. The van der Waals surface area contributed by atoms with Crippen LogP contribution in [-0.4, -0.2) is 23.9 Å². The maximum absolute atomic E-state index is 11.5. The number of piperidine rings is 1. The highest BCUT2D eigenvalue weighted by atomic mass is 35.5. The molecule has 0 aliphatic carbocycles. The van der Waals surface area contributed by atoms with Gasteiger partial charge in [0.2, 0.25) is 5.91 Å². The van der Waals surface area contributed by atoms with Crippen LogP contribution in [0.4, 0.5) is 0 Å². The van der Waals surface area contributed by atoms with Crippen molar-refractivity contribution in [1.29, 1.82) is 0 Å². The molecule has 4 nitrogen and oxygen atoms in total. The van der Waals surface area contributed by atoms with Gasteiger partial charge in [-0.25, -0.2) is 5.84 Å². The van der Waals surface area contributed by atoms with Gasteiger partial charge in [0, 0.05) is 18.1 Å². The average molecular weight is 268 g/mol. The Morgan fingerprint density at radius 2 is 2.17 bits per heavy atom. The number of carbonyl (C=O) groups excluding carboxylic acids is 1. The van der Waals surface area contributed by atoms with Gasteiger partial charge in [0.05, 0.1) is 5.92 Å². The van der Waals surface area contributed by atoms with E-state index < -0.39 is 0 Å². The SMILES string of the molecule is NNC(=O)[C@H]1CCCN(Cc2ccc(Cl)cc2)C1. The minimum absolute atomic E-state index is 0.0102. The van der Waals surface area contributed by atoms with Crippen LogP contribution in [0, 0.1) is 5.92 Å². The number of nitrogens with zero attached hydrogens (tertiary/aromatic N) is 1. The molecule has 1 aromatic carbocycles. The van der Waals surface area contributed by atoms with E-state index in [4.69, 9.17) is 17.4 Å². The van der Waals surface area contributed by atoms with Crippen LogP contribution in [0.25, 0.3) is 0 Å². The molecule has 1 aliphatic rings. The van der Waals surface area contributed by atoms with Gasteiger partial charge in [0.15, 0.2) is 0 Å². The molecule has 0 spiro atoms. The molecule has 1 aromatic rings. The van der Waals surface area contributed by atoms with Crippen molar-refractivity contribution in [2.45, 2.75) is 19.4 Å². The number of nitrogens with two attached hydrogens (primary N) is 1. The molecule has 98 valence electrons. The molecule has 2 rings (SSSR count). The van der Waals surface area contributed by atoms with Crippen molar-refractivity contribution >= 4 is 17.5 Å². The fraction of sp³-hybridized carbons (Fsp3) is 0.462. The number of rotatable bonds is 3. The summed E-state index contributed by atoms with van der Waals surface area (Å²) in [6.45, 7) is 2.65. The largest absolute Gasteiger partial charge is 0.298 e. The van der Waals surface area contributed by atoms with Crippen LogP contribution < -0.4 is 11.3 Å². The molecule has 1 fully saturated rings. The van der Waals surface area contributed by atoms with Gasteiger partial charge >= 0.3 is 0 Å². The van der Waals surface area contributed by atoms with Crippen LogP contribution >= 0.6 is 11.6 Å². The third kappa shape index (κ3) is 3.45. The third-order valence-corrected chi connectivity index (χ3v) is 3.59. The Balaban J connectivity index is 1.93. The molecule has 1 aliphatic heterocycles. The van der Waals surface area contributed by atoms with Crippen LogP contribution in [0.1, 0.15) is 18.4 Å². The number of hydrazine groups is 1. The Hall–Kier alpha value is -1.10. The molecule has 1 saturated heterocycles. The van der Waals surface area contributed by atoms with Gasteiger partial charge in [-0.3, -0.25) is 15.1 Å². The number of amides is 1. The highest BCUT2D eigenvalue weighted by molar-refractivity contribution is 6.30. The summed E-state index contributed by atoms with van der Waals surface area (Å²) in [5, 5.41) is 0.748. The van der Waals surface area contributed by atoms with E-state index in [0.29, 0.717) is 0 Å². The number of benzene rings is 1. The molecule has 3 N–H and O–H groups in total. The first kappa shape index (κ1) is 13.3. The molecule has 0 unspecified atom stereocenters. The molecule has 1 atom stereocenters. The standard InChI is InChI=1S/C13H18ClN3O/c14-12-5-3-10(4-6-12)8-17-7-1-2-11(9-17)13(18)16-15/h3-6,11H,1-2,7-9,15H2,(H,16,18)/t11-/m0/s1. The second-order valence-corrected chi connectivity index (χ2v) is 5.15. The Labute approximate surface area is 112 Å². The fourth-order valence-corrected chi connectivity index (χ4v) is 2.51. The number of hydrogen-bond acceptors (Lipinski definition) is 3. The van der Waals surface area contributed by atoms with Gasteiger partial charge in [-0.1, -0.05) is 23.7 Å². The van der Waals surface area contributed by atoms with Crippen molar-refractivity contribution < 1.29 is 4.79 Å². The molecular weight excluding hydrogens is 250 g/mol. The van der Waals surface area contributed by atoms with Crippen LogP contribution in [0.3, 0.4) is 0 Å². The predicted octanol–water partition coefficient (Wildman–Crippen LogP) is 1.54. The Bertz CT molecular complexity index is 407. The Kier molecular flexibility index (Phi) is 4.58. The quantitative estimate of drug-likeness (QED) is 0.496. The van der Waals surface area contributed by atoms with E-state index in [1.54, 1.807) is 0 Å². The summed E-state index contributed by atoms with van der Waals surface area (Å²) < 4.78 is 0. The summed E-state index contributed by atoms with van der Waals surface area (Å²) in [5.74, 6) is 5.14. The monoisotopic (exact) mass is 267 g/mol. The van der Waals surface area contributed by atoms with E-state index >= 15 is 0 Å². The molecule has 0 bridgehead atoms. The molecule has 0 saturated carbocycles. The maximum atomic E-state index is 11.5. The minimum Gasteiger partial charge on any atom is -0.298 e. The van der Waals surface area contributed by atoms with Crippen molar-refractivity contribution in [1.82, 2.24) is 10.3 Å². The van der Waals surface area contributed by atoms with Gasteiger partial charge in [0.25, 0.3) is 0 Å². The summed E-state index contributed by atoms with van der Waals surface area (Å²) in [6, 6.07) is 7.83. The molecule has 0 radical (unpaired) electrons. The normalized spacial score (nSPS) is 20.7. The zero-order valence-electron chi connectivity index (χ0n) is 10.2. The number of hydrogen-bond donors (Lipinski definition) is 2. The second kappa shape index (κ2) is 6.18. The van der Waals surface area contributed by atoms with Gasteiger partial charge in [0.1, 0.15) is 0 Å². The average Bonchev–Trinajstić information content (AvgIpc) is 2.41. The molecule has 1 heterocycles. The summed E-state index contributed by atoms with van der Waals surface area (Å²) in [4.78, 5) is 13.8. The van der Waals surface area contributed by atoms with Crippen LogP contribution in [0.5, 0.6) is 0 Å². The van der Waals surface area contributed by atoms with E-state index in [1.165, 1.54) is 5.56 Å². The zero-order valence-corrected chi connectivity index (χ0v) is 11.0. The van der Waals surface area contributed by atoms with E-state index in [0.717, 1.165) is 37.5 Å². The topological polar surface area (TPSA) is 58.4 Å². The molecule has 18 heavy (non-hydrogen) atoms. The third-order valence-electron chi connectivity index (χ3n) is 3.34. The van der Waals surface area contributed by atoms with Crippen molar-refractivity contribution in [3.63, 3.8) is 0 Å². The highest BCUT2D eigenvalue weighted by Crippen LogP contribution is 2.19. The van der Waals surface area contributed by atoms with Gasteiger partial charge in [-0.05, 0) is 37.1 Å². The second-order valence-electron chi connectivity index (χ2n) is 4.71. The Morgan fingerprint density at radius 3 is 2.83 bits per heavy atom. The van der Waals surface area contributed by atoms with Crippen molar-refractivity contribution in [2.24, 2.45) is 11.8 Å². The molecule has 0 aromatic heterocycles. The number of carbonyl (C=O) groups is 1. The van der Waals surface area contributed by atoms with Crippen LogP contribution in [0.2, 0.25) is 5.02 Å². The summed E-state index contributed by atoms with van der Waals surface area (Å²) >= 11 is 5.86. The van der Waals surface area contributed by atoms with E-state index in [-0.39, 0.29) is 11.8 Å². The van der Waals surface area contributed by atoms with Crippen molar-refractivity contribution in [3.05, 3.63) is 34.9 Å². The van der Waals surface area contributed by atoms with E-state index in [2.05, 4.69) is 10.3 Å². The fourth-order valence-electron chi connectivity index (χ4n) is 2.38. The zero-order chi connectivity index (χ0) is 13.0. The van der Waals surface area contributed by atoms with Crippen molar-refractivity contribution in [2.75, 3.05) is 13.1 Å². The lowest BCUT2D eigenvalue weighted by molar-refractivity contribution is -0.126. The van der Waals surface area contributed by atoms with Gasteiger partial charge in [-0.2, -0.15) is 0 Å². The number of likely N-dealkylation sites (tertiary alicyclic amines) is 1. The lowest BCUT2D eigenvalue weighted by atomic mass is 9.97. The summed E-state index contributed by atoms with van der Waals surface area (Å²) in [7, 11) is 0. The summed E-state index contributed by atoms with van der Waals surface area (Å²) in [5.41, 5.74) is 3.46. The maximum Gasteiger partial charge on any atom is 0.238 e. The molecular formula is C13H18ClN3O. The van der Waals surface area contributed by atoms with Crippen LogP contribution in [0.15, 0.2) is 24.3 Å². The summed E-state index contributed by atoms with van der Waals surface area (Å²) in [6.07, 6.45) is 1.95. The van der Waals surface area contributed by atoms with Crippen LogP contribution in [-0.2, 0) is 11.3 Å². The first-order chi connectivity index (χ1) is 8.69. The van der Waals surface area contributed by atoms with E-state index in [1.807, 2.05) is 24.3 Å². The first-order valence-corrected chi connectivity index (χ1v) is 6.54. The lowest BCUT2D eigenvalue weighted by Crippen LogP contribution is -2.44. The smallest absolute Gasteiger partial charge is 0.238 e. The predicted molar refractivity (Wildman–Crippen MR) is 71.8 cm³/mol. The lowest BCUT2D eigenvalue weighted by Gasteiger charge is -2.31. The van der Waals surface area contributed by atoms with E-state index in [9.17, 15) is 4.79 Å². The van der Waals surface area contributed by atoms with Gasteiger partial charge < -0.3 is 0 Å². The highest BCUT2D eigenvalue weighted by Gasteiger charge is 2.25. The molecule has 1 amide bonds. The molecule has 5 heteroatoms. The van der Waals surface area contributed by atoms with Gasteiger partial charge in [-0.15, -0.1) is 0 Å². The number of nitrogens with one attached hydrogen (secondary N) is 1. The number of halogens is 1. The Morgan fingerprint density at radius 1 is 1.44 bits per heavy atom. The minimum atomic E-state index is -0.0594.